The lowest BCUT2D eigenvalue weighted by Crippen LogP contribution is -2.51. The summed E-state index contributed by atoms with van der Waals surface area (Å²) in [6, 6.07) is 12.6. The quantitative estimate of drug-likeness (QED) is 0.785. The van der Waals surface area contributed by atoms with Gasteiger partial charge in [0, 0.05) is 25.0 Å². The molecule has 1 aliphatic heterocycles. The molecule has 2 heterocycles. The molecule has 0 unspecified atom stereocenters. The molecule has 3 rings (SSSR count). The van der Waals surface area contributed by atoms with Crippen LogP contribution in [0.25, 0.3) is 0 Å². The molecule has 1 aromatic heterocycles. The van der Waals surface area contributed by atoms with E-state index in [0.717, 1.165) is 30.4 Å². The van der Waals surface area contributed by atoms with Gasteiger partial charge >= 0.3 is 5.97 Å². The number of hydrogen-bond donors (Lipinski definition) is 2. The van der Waals surface area contributed by atoms with Crippen molar-refractivity contribution < 1.29 is 14.7 Å². The number of carbonyl (C=O) groups excluding carboxylic acids is 1. The predicted octanol–water partition coefficient (Wildman–Crippen LogP) is 2.42. The zero-order valence-electron chi connectivity index (χ0n) is 15.3. The molecule has 1 aliphatic rings. The first-order valence-electron chi connectivity index (χ1n) is 9.34. The fourth-order valence-electron chi connectivity index (χ4n) is 3.66. The third-order valence-corrected chi connectivity index (χ3v) is 5.00. The molecule has 2 aromatic rings. The number of pyridine rings is 1. The molecule has 1 aromatic carbocycles. The number of aliphatic carboxylic acids is 1. The highest BCUT2D eigenvalue weighted by atomic mass is 16.4. The number of hydrogen-bond acceptors (Lipinski definition) is 4. The van der Waals surface area contributed by atoms with Gasteiger partial charge in [-0.3, -0.25) is 19.5 Å². The first kappa shape index (κ1) is 19.0. The van der Waals surface area contributed by atoms with Crippen LogP contribution < -0.4 is 5.32 Å². The van der Waals surface area contributed by atoms with E-state index in [1.54, 1.807) is 12.4 Å². The van der Waals surface area contributed by atoms with Gasteiger partial charge in [0.1, 0.15) is 6.04 Å². The molecule has 27 heavy (non-hydrogen) atoms. The Bertz CT molecular complexity index is 752. The van der Waals surface area contributed by atoms with Crippen molar-refractivity contribution in [1.82, 2.24) is 15.2 Å². The fraction of sp³-hybridized carbons (Fsp3) is 0.381. The molecule has 0 spiro atoms. The molecule has 6 heteroatoms. The fourth-order valence-corrected chi connectivity index (χ4v) is 3.66. The van der Waals surface area contributed by atoms with Crippen LogP contribution in [0.15, 0.2) is 54.9 Å². The lowest BCUT2D eigenvalue weighted by Gasteiger charge is -2.39. The minimum atomic E-state index is -0.911. The van der Waals surface area contributed by atoms with Gasteiger partial charge < -0.3 is 10.4 Å². The Labute approximate surface area is 159 Å². The Kier molecular flexibility index (Phi) is 6.54. The monoisotopic (exact) mass is 367 g/mol. The van der Waals surface area contributed by atoms with E-state index in [0.29, 0.717) is 6.54 Å². The zero-order valence-corrected chi connectivity index (χ0v) is 15.3. The van der Waals surface area contributed by atoms with Gasteiger partial charge in [-0.2, -0.15) is 0 Å². The van der Waals surface area contributed by atoms with Gasteiger partial charge in [-0.1, -0.05) is 42.8 Å². The zero-order chi connectivity index (χ0) is 19.1. The van der Waals surface area contributed by atoms with Crippen LogP contribution in [-0.2, 0) is 16.0 Å². The van der Waals surface area contributed by atoms with E-state index in [2.05, 4.69) is 10.3 Å². The number of benzene rings is 1. The van der Waals surface area contributed by atoms with Gasteiger partial charge in [0.15, 0.2) is 0 Å². The van der Waals surface area contributed by atoms with Crippen LogP contribution in [0.1, 0.15) is 36.4 Å². The van der Waals surface area contributed by atoms with E-state index in [1.165, 1.54) is 0 Å². The van der Waals surface area contributed by atoms with Gasteiger partial charge in [0.25, 0.3) is 0 Å². The maximum atomic E-state index is 12.2. The van der Waals surface area contributed by atoms with Crippen LogP contribution in [0, 0.1) is 0 Å². The second-order valence-electron chi connectivity index (χ2n) is 6.86. The largest absolute Gasteiger partial charge is 0.480 e. The highest BCUT2D eigenvalue weighted by Gasteiger charge is 2.34. The van der Waals surface area contributed by atoms with Crippen molar-refractivity contribution >= 4 is 11.9 Å². The molecule has 1 fully saturated rings. The number of likely N-dealkylation sites (tertiary alicyclic amines) is 1. The van der Waals surface area contributed by atoms with Crippen molar-refractivity contribution in [3.05, 3.63) is 66.0 Å². The molecule has 0 bridgehead atoms. The predicted molar refractivity (Wildman–Crippen MR) is 102 cm³/mol. The summed E-state index contributed by atoms with van der Waals surface area (Å²) in [7, 11) is 0. The molecule has 2 N–H and O–H groups in total. The molecule has 1 saturated heterocycles. The molecule has 6 nitrogen and oxygen atoms in total. The second kappa shape index (κ2) is 9.28. The number of amides is 1. The van der Waals surface area contributed by atoms with Crippen LogP contribution >= 0.6 is 0 Å². The summed E-state index contributed by atoms with van der Waals surface area (Å²) >= 11 is 0. The molecular formula is C21H25N3O3. The highest BCUT2D eigenvalue weighted by molar-refractivity contribution is 5.80. The number of piperidine rings is 1. The lowest BCUT2D eigenvalue weighted by molar-refractivity contribution is -0.145. The molecule has 1 amide bonds. The molecular weight excluding hydrogens is 342 g/mol. The summed E-state index contributed by atoms with van der Waals surface area (Å²) in [5.74, 6) is -1.08. The summed E-state index contributed by atoms with van der Waals surface area (Å²) in [5, 5.41) is 12.6. The van der Waals surface area contributed by atoms with Gasteiger partial charge in [-0.05, 0) is 36.6 Å². The van der Waals surface area contributed by atoms with Crippen molar-refractivity contribution in [1.29, 1.82) is 0 Å². The van der Waals surface area contributed by atoms with Crippen LogP contribution in [0.4, 0.5) is 0 Å². The van der Waals surface area contributed by atoms with E-state index in [1.807, 2.05) is 47.4 Å². The van der Waals surface area contributed by atoms with E-state index < -0.39 is 12.0 Å². The summed E-state index contributed by atoms with van der Waals surface area (Å²) in [6.45, 7) is 0.794. The number of carboxylic acids is 1. The van der Waals surface area contributed by atoms with Crippen LogP contribution in [-0.4, -0.2) is 46.0 Å². The van der Waals surface area contributed by atoms with Crippen LogP contribution in [0.5, 0.6) is 0 Å². The van der Waals surface area contributed by atoms with Crippen LogP contribution in [0.3, 0.4) is 0 Å². The minimum absolute atomic E-state index is 0.0135. The van der Waals surface area contributed by atoms with Crippen LogP contribution in [0.2, 0.25) is 0 Å². The standard InChI is InChI=1S/C21H25N3O3/c25-20(13-16-7-2-1-3-8-16)23-15-19(21(26)27)24-12-5-4-10-18(24)17-9-6-11-22-14-17/h1-3,6-9,11,14,18-19H,4-5,10,12-13,15H2,(H,23,25)(H,26,27)/t18-,19+/m1/s1. The van der Waals surface area contributed by atoms with E-state index >= 15 is 0 Å². The number of nitrogens with zero attached hydrogens (tertiary/aromatic N) is 2. The van der Waals surface area contributed by atoms with Crippen molar-refractivity contribution in [2.24, 2.45) is 0 Å². The normalized spacial score (nSPS) is 18.6. The molecule has 0 saturated carbocycles. The average molecular weight is 367 g/mol. The van der Waals surface area contributed by atoms with Gasteiger partial charge in [-0.15, -0.1) is 0 Å². The minimum Gasteiger partial charge on any atom is -0.480 e. The highest BCUT2D eigenvalue weighted by Crippen LogP contribution is 2.32. The number of nitrogens with one attached hydrogen (secondary N) is 1. The van der Waals surface area contributed by atoms with Crippen molar-refractivity contribution in [3.63, 3.8) is 0 Å². The Morgan fingerprint density at radius 3 is 2.70 bits per heavy atom. The number of carboxylic acid groups (broad SMARTS) is 1. The third-order valence-electron chi connectivity index (χ3n) is 5.00. The van der Waals surface area contributed by atoms with Crippen molar-refractivity contribution in [2.45, 2.75) is 37.8 Å². The van der Waals surface area contributed by atoms with Gasteiger partial charge in [0.2, 0.25) is 5.91 Å². The second-order valence-corrected chi connectivity index (χ2v) is 6.86. The Morgan fingerprint density at radius 2 is 2.00 bits per heavy atom. The summed E-state index contributed by atoms with van der Waals surface area (Å²) in [5.41, 5.74) is 1.94. The van der Waals surface area contributed by atoms with Gasteiger partial charge in [0.05, 0.1) is 6.42 Å². The SMILES string of the molecule is O=C(Cc1ccccc1)NC[C@@H](C(=O)O)N1CCCC[C@@H]1c1cccnc1. The topological polar surface area (TPSA) is 82.5 Å². The maximum Gasteiger partial charge on any atom is 0.322 e. The van der Waals surface area contributed by atoms with E-state index in [-0.39, 0.29) is 24.9 Å². The first-order chi connectivity index (χ1) is 13.1. The Hall–Kier alpha value is -2.73. The molecule has 142 valence electrons. The van der Waals surface area contributed by atoms with E-state index in [9.17, 15) is 14.7 Å². The Morgan fingerprint density at radius 1 is 1.19 bits per heavy atom. The number of rotatable bonds is 7. The molecule has 0 radical (unpaired) electrons. The maximum absolute atomic E-state index is 12.2. The average Bonchev–Trinajstić information content (AvgIpc) is 2.70. The number of aromatic nitrogens is 1. The van der Waals surface area contributed by atoms with Gasteiger partial charge in [-0.25, -0.2) is 0 Å². The third kappa shape index (κ3) is 5.14. The number of carbonyl (C=O) groups is 2. The van der Waals surface area contributed by atoms with E-state index in [4.69, 9.17) is 0 Å². The summed E-state index contributed by atoms with van der Waals surface area (Å²) in [6.07, 6.45) is 6.68. The van der Waals surface area contributed by atoms with Crippen molar-refractivity contribution in [3.8, 4) is 0 Å². The lowest BCUT2D eigenvalue weighted by atomic mass is 9.94. The molecule has 0 aliphatic carbocycles. The summed E-state index contributed by atoms with van der Waals surface area (Å²) in [4.78, 5) is 30.3. The first-order valence-corrected chi connectivity index (χ1v) is 9.34. The Balaban J connectivity index is 1.66. The molecule has 2 atom stereocenters. The summed E-state index contributed by atoms with van der Waals surface area (Å²) < 4.78 is 0. The van der Waals surface area contributed by atoms with Crippen molar-refractivity contribution in [2.75, 3.05) is 13.1 Å². The smallest absolute Gasteiger partial charge is 0.322 e.